The predicted molar refractivity (Wildman–Crippen MR) is 75.8 cm³/mol. The van der Waals surface area contributed by atoms with Crippen LogP contribution in [-0.4, -0.2) is 25.8 Å². The van der Waals surface area contributed by atoms with Gasteiger partial charge < -0.3 is 9.64 Å². The number of benzene rings is 1. The van der Waals surface area contributed by atoms with Crippen LogP contribution in [-0.2, 0) is 9.59 Å². The fourth-order valence-corrected chi connectivity index (χ4v) is 1.79. The van der Waals surface area contributed by atoms with Gasteiger partial charge in [-0.15, -0.1) is 0 Å². The highest BCUT2D eigenvalue weighted by Crippen LogP contribution is 2.31. The Hall–Kier alpha value is -1.84. The van der Waals surface area contributed by atoms with E-state index in [-0.39, 0.29) is 18.1 Å². The molecule has 4 heteroatoms. The molecule has 0 fully saturated rings. The Morgan fingerprint density at radius 3 is 2.42 bits per heavy atom. The molecular weight excluding hydrogens is 242 g/mol. The van der Waals surface area contributed by atoms with Crippen LogP contribution in [0.25, 0.3) is 0 Å². The first-order valence-corrected chi connectivity index (χ1v) is 6.30. The minimum Gasteiger partial charge on any atom is -0.495 e. The average Bonchev–Trinajstić information content (AvgIpc) is 2.36. The highest BCUT2D eigenvalue weighted by molar-refractivity contribution is 6.05. The Balaban J connectivity index is 3.11. The van der Waals surface area contributed by atoms with Gasteiger partial charge in [0.2, 0.25) is 5.91 Å². The van der Waals surface area contributed by atoms with Crippen LogP contribution < -0.4 is 9.64 Å². The van der Waals surface area contributed by atoms with Crippen LogP contribution in [0.3, 0.4) is 0 Å². The number of hydrogen-bond donors (Lipinski definition) is 0. The highest BCUT2D eigenvalue weighted by Gasteiger charge is 2.17. The molecule has 0 bridgehead atoms. The van der Waals surface area contributed by atoms with E-state index in [0.717, 1.165) is 5.56 Å². The van der Waals surface area contributed by atoms with Crippen molar-refractivity contribution < 1.29 is 14.3 Å². The highest BCUT2D eigenvalue weighted by atomic mass is 16.5. The maximum atomic E-state index is 12.0. The third kappa shape index (κ3) is 3.81. The van der Waals surface area contributed by atoms with Crippen LogP contribution in [0.15, 0.2) is 18.2 Å². The summed E-state index contributed by atoms with van der Waals surface area (Å²) in [7, 11) is 3.23. The van der Waals surface area contributed by atoms with E-state index in [4.69, 9.17) is 4.74 Å². The van der Waals surface area contributed by atoms with Crippen molar-refractivity contribution >= 4 is 17.4 Å². The van der Waals surface area contributed by atoms with Crippen LogP contribution in [0.4, 0.5) is 5.69 Å². The summed E-state index contributed by atoms with van der Waals surface area (Å²) in [5.74, 6) is 0.618. The molecule has 0 aromatic heterocycles. The lowest BCUT2D eigenvalue weighted by Gasteiger charge is -2.21. The third-order valence-electron chi connectivity index (χ3n) is 3.01. The van der Waals surface area contributed by atoms with E-state index in [9.17, 15) is 9.59 Å². The van der Waals surface area contributed by atoms with Gasteiger partial charge in [-0.2, -0.15) is 0 Å². The van der Waals surface area contributed by atoms with Crippen molar-refractivity contribution in [2.24, 2.45) is 0 Å². The molecule has 0 aliphatic heterocycles. The summed E-state index contributed by atoms with van der Waals surface area (Å²) < 4.78 is 5.28. The Bertz CT molecular complexity index is 480. The number of carbonyl (C=O) groups excluding carboxylic acids is 2. The number of carbonyl (C=O) groups is 2. The molecule has 0 N–H and O–H groups in total. The molecule has 0 radical (unpaired) electrons. The first-order chi connectivity index (χ1) is 8.86. The van der Waals surface area contributed by atoms with E-state index in [1.165, 1.54) is 11.8 Å². The fraction of sp³-hybridized carbons (Fsp3) is 0.467. The normalized spacial score (nSPS) is 10.4. The number of ether oxygens (including phenoxy) is 1. The summed E-state index contributed by atoms with van der Waals surface area (Å²) in [6, 6.07) is 5.76. The van der Waals surface area contributed by atoms with Gasteiger partial charge in [0, 0.05) is 7.05 Å². The van der Waals surface area contributed by atoms with Crippen molar-refractivity contribution in [3.8, 4) is 5.75 Å². The maximum absolute atomic E-state index is 12.0. The number of rotatable bonds is 5. The number of Topliss-reactive ketones (excluding diaryl/α,β-unsaturated/α-hetero) is 1. The lowest BCUT2D eigenvalue weighted by molar-refractivity contribution is -0.125. The molecule has 1 amide bonds. The van der Waals surface area contributed by atoms with Gasteiger partial charge in [-0.05, 0) is 30.5 Å². The number of anilines is 1. The molecule has 1 rings (SSSR count). The van der Waals surface area contributed by atoms with Gasteiger partial charge in [-0.1, -0.05) is 19.9 Å². The number of amides is 1. The van der Waals surface area contributed by atoms with E-state index < -0.39 is 0 Å². The van der Waals surface area contributed by atoms with Crippen LogP contribution >= 0.6 is 0 Å². The topological polar surface area (TPSA) is 46.6 Å². The largest absolute Gasteiger partial charge is 0.495 e. The summed E-state index contributed by atoms with van der Waals surface area (Å²) in [4.78, 5) is 24.5. The van der Waals surface area contributed by atoms with E-state index in [2.05, 4.69) is 13.8 Å². The standard InChI is InChI=1S/C15H21NO3/c1-10(2)12-6-7-14(19-5)13(9-12)16(4)15(18)8-11(3)17/h6-7,9-10H,8H2,1-5H3. The smallest absolute Gasteiger partial charge is 0.234 e. The molecular formula is C15H21NO3. The lowest BCUT2D eigenvalue weighted by Crippen LogP contribution is -2.28. The van der Waals surface area contributed by atoms with Crippen molar-refractivity contribution in [2.75, 3.05) is 19.1 Å². The molecule has 4 nitrogen and oxygen atoms in total. The molecule has 0 atom stereocenters. The Morgan fingerprint density at radius 1 is 1.32 bits per heavy atom. The summed E-state index contributed by atoms with van der Waals surface area (Å²) in [5.41, 5.74) is 1.82. The van der Waals surface area contributed by atoms with Gasteiger partial charge in [0.1, 0.15) is 11.5 Å². The molecule has 104 valence electrons. The number of methoxy groups -OCH3 is 1. The van der Waals surface area contributed by atoms with E-state index in [1.807, 2.05) is 18.2 Å². The lowest BCUT2D eigenvalue weighted by atomic mass is 10.0. The molecule has 0 spiro atoms. The molecule has 19 heavy (non-hydrogen) atoms. The number of hydrogen-bond acceptors (Lipinski definition) is 3. The number of nitrogens with zero attached hydrogens (tertiary/aromatic N) is 1. The van der Waals surface area contributed by atoms with Crippen molar-refractivity contribution in [1.82, 2.24) is 0 Å². The molecule has 0 saturated heterocycles. The van der Waals surface area contributed by atoms with Crippen molar-refractivity contribution in [3.63, 3.8) is 0 Å². The quantitative estimate of drug-likeness (QED) is 0.767. The van der Waals surface area contributed by atoms with Crippen molar-refractivity contribution in [3.05, 3.63) is 23.8 Å². The summed E-state index contributed by atoms with van der Waals surface area (Å²) in [6.45, 7) is 5.58. The minimum absolute atomic E-state index is 0.0917. The first kappa shape index (κ1) is 15.2. The maximum Gasteiger partial charge on any atom is 0.234 e. The van der Waals surface area contributed by atoms with Gasteiger partial charge in [0.15, 0.2) is 0 Å². The zero-order valence-electron chi connectivity index (χ0n) is 12.2. The molecule has 0 aliphatic rings. The third-order valence-corrected chi connectivity index (χ3v) is 3.01. The Kier molecular flexibility index (Phi) is 5.10. The zero-order chi connectivity index (χ0) is 14.6. The zero-order valence-corrected chi connectivity index (χ0v) is 12.2. The summed E-state index contributed by atoms with van der Waals surface area (Å²) in [5, 5.41) is 0. The predicted octanol–water partition coefficient (Wildman–Crippen LogP) is 2.76. The second-order valence-electron chi connectivity index (χ2n) is 4.92. The summed E-state index contributed by atoms with van der Waals surface area (Å²) in [6.07, 6.45) is -0.0917. The van der Waals surface area contributed by atoms with E-state index >= 15 is 0 Å². The van der Waals surface area contributed by atoms with Crippen molar-refractivity contribution in [1.29, 1.82) is 0 Å². The van der Waals surface area contributed by atoms with Gasteiger partial charge >= 0.3 is 0 Å². The summed E-state index contributed by atoms with van der Waals surface area (Å²) >= 11 is 0. The first-order valence-electron chi connectivity index (χ1n) is 6.30. The van der Waals surface area contributed by atoms with Crippen LogP contribution in [0.2, 0.25) is 0 Å². The van der Waals surface area contributed by atoms with Gasteiger partial charge in [-0.3, -0.25) is 9.59 Å². The second kappa shape index (κ2) is 6.36. The van der Waals surface area contributed by atoms with E-state index in [1.54, 1.807) is 14.2 Å². The monoisotopic (exact) mass is 263 g/mol. The SMILES string of the molecule is COc1ccc(C(C)C)cc1N(C)C(=O)CC(C)=O. The molecule has 0 aliphatic carbocycles. The van der Waals surface area contributed by atoms with Gasteiger partial charge in [0.25, 0.3) is 0 Å². The Morgan fingerprint density at radius 2 is 1.95 bits per heavy atom. The molecule has 0 unspecified atom stereocenters. The van der Waals surface area contributed by atoms with Crippen LogP contribution in [0.5, 0.6) is 5.75 Å². The van der Waals surface area contributed by atoms with Crippen molar-refractivity contribution in [2.45, 2.75) is 33.1 Å². The fourth-order valence-electron chi connectivity index (χ4n) is 1.79. The number of ketones is 1. The second-order valence-corrected chi connectivity index (χ2v) is 4.92. The molecule has 0 saturated carbocycles. The Labute approximate surface area is 114 Å². The average molecular weight is 263 g/mol. The van der Waals surface area contributed by atoms with Crippen LogP contribution in [0.1, 0.15) is 38.7 Å². The molecule has 0 heterocycles. The van der Waals surface area contributed by atoms with Crippen LogP contribution in [0, 0.1) is 0 Å². The molecule has 1 aromatic carbocycles. The minimum atomic E-state index is -0.230. The van der Waals surface area contributed by atoms with E-state index in [0.29, 0.717) is 17.4 Å². The van der Waals surface area contributed by atoms with Gasteiger partial charge in [0.05, 0.1) is 19.2 Å². The molecule has 1 aromatic rings. The van der Waals surface area contributed by atoms with Gasteiger partial charge in [-0.25, -0.2) is 0 Å².